The quantitative estimate of drug-likeness (QED) is 0.496. The van der Waals surface area contributed by atoms with Gasteiger partial charge < -0.3 is 10.3 Å². The molecule has 0 spiro atoms. The van der Waals surface area contributed by atoms with Crippen molar-refractivity contribution < 1.29 is 0 Å². The number of fused-ring (bicyclic) bond motifs is 1. The van der Waals surface area contributed by atoms with E-state index in [4.69, 9.17) is 23.2 Å². The van der Waals surface area contributed by atoms with E-state index in [0.717, 1.165) is 10.2 Å². The molecule has 0 saturated carbocycles. The molecule has 0 atom stereocenters. The van der Waals surface area contributed by atoms with Gasteiger partial charge in [0.25, 0.3) is 11.1 Å². The molecule has 6 nitrogen and oxygen atoms in total. The molecule has 8 heteroatoms. The average Bonchev–Trinajstić information content (AvgIpc) is 2.95. The van der Waals surface area contributed by atoms with E-state index in [-0.39, 0.29) is 11.2 Å². The van der Waals surface area contributed by atoms with Gasteiger partial charge in [-0.05, 0) is 29.8 Å². The predicted molar refractivity (Wildman–Crippen MR) is 104 cm³/mol. The smallest absolute Gasteiger partial charge is 0.290 e. The third kappa shape index (κ3) is 2.89. The zero-order chi connectivity index (χ0) is 18.3. The van der Waals surface area contributed by atoms with Crippen molar-refractivity contribution in [3.8, 4) is 11.3 Å². The first-order chi connectivity index (χ1) is 12.5. The summed E-state index contributed by atoms with van der Waals surface area (Å²) in [6.45, 7) is 0. The summed E-state index contributed by atoms with van der Waals surface area (Å²) in [6, 6.07) is 15.6. The van der Waals surface area contributed by atoms with Crippen LogP contribution in [0.1, 0.15) is 0 Å². The molecule has 3 N–H and O–H groups in total. The fourth-order valence-corrected chi connectivity index (χ4v) is 2.97. The van der Waals surface area contributed by atoms with Crippen LogP contribution in [0.4, 0.5) is 11.4 Å². The number of H-pyrrole nitrogens is 2. The maximum absolute atomic E-state index is 12.4. The van der Waals surface area contributed by atoms with Crippen LogP contribution in [0.25, 0.3) is 16.9 Å². The summed E-state index contributed by atoms with van der Waals surface area (Å²) in [6.07, 6.45) is 0. The molecule has 4 rings (SSSR count). The number of benzene rings is 2. The number of aromatic amines is 2. The number of para-hydroxylation sites is 1. The maximum atomic E-state index is 12.4. The topological polar surface area (TPSA) is 82.2 Å². The Balaban J connectivity index is 1.90. The van der Waals surface area contributed by atoms with Gasteiger partial charge in [0.1, 0.15) is 5.69 Å². The van der Waals surface area contributed by atoms with Gasteiger partial charge in [0, 0.05) is 11.8 Å². The number of nitrogens with one attached hydrogen (secondary N) is 3. The summed E-state index contributed by atoms with van der Waals surface area (Å²) in [5.74, 6) is 0. The van der Waals surface area contributed by atoms with Crippen molar-refractivity contribution in [2.24, 2.45) is 0 Å². The zero-order valence-corrected chi connectivity index (χ0v) is 14.7. The number of aromatic nitrogens is 3. The van der Waals surface area contributed by atoms with Crippen molar-refractivity contribution >= 4 is 40.2 Å². The number of rotatable bonds is 3. The Labute approximate surface area is 157 Å². The first-order valence-corrected chi connectivity index (χ1v) is 8.44. The maximum Gasteiger partial charge on any atom is 0.290 e. The van der Waals surface area contributed by atoms with E-state index < -0.39 is 5.56 Å². The number of halogens is 2. The van der Waals surface area contributed by atoms with Gasteiger partial charge in [0.15, 0.2) is 5.65 Å². The number of anilines is 2. The van der Waals surface area contributed by atoms with Crippen LogP contribution in [0.5, 0.6) is 0 Å². The molecule has 0 amide bonds. The fraction of sp³-hybridized carbons (Fsp3) is 0. The molecule has 0 aliphatic heterocycles. The van der Waals surface area contributed by atoms with Gasteiger partial charge in [-0.25, -0.2) is 0 Å². The second-order valence-electron chi connectivity index (χ2n) is 5.64. The van der Waals surface area contributed by atoms with Crippen LogP contribution < -0.4 is 16.4 Å². The number of hydrogen-bond acceptors (Lipinski definition) is 3. The lowest BCUT2D eigenvalue weighted by molar-refractivity contribution is 0.884. The Morgan fingerprint density at radius 3 is 2.42 bits per heavy atom. The highest BCUT2D eigenvalue weighted by molar-refractivity contribution is 6.42. The minimum atomic E-state index is -0.409. The van der Waals surface area contributed by atoms with Crippen LogP contribution in [0.15, 0.2) is 64.2 Å². The molecular formula is C18H12Cl2N4O2. The summed E-state index contributed by atoms with van der Waals surface area (Å²) in [7, 11) is 0. The average molecular weight is 387 g/mol. The van der Waals surface area contributed by atoms with Crippen LogP contribution in [0.2, 0.25) is 10.0 Å². The molecule has 0 unspecified atom stereocenters. The molecule has 0 fully saturated rings. The molecule has 0 saturated heterocycles. The molecule has 0 aliphatic rings. The normalized spacial score (nSPS) is 11.0. The summed E-state index contributed by atoms with van der Waals surface area (Å²) < 4.78 is 1.16. The zero-order valence-electron chi connectivity index (χ0n) is 13.2. The van der Waals surface area contributed by atoms with Crippen molar-refractivity contribution in [2.45, 2.75) is 0 Å². The highest BCUT2D eigenvalue weighted by atomic mass is 35.5. The highest BCUT2D eigenvalue weighted by Gasteiger charge is 2.14. The Morgan fingerprint density at radius 2 is 1.69 bits per heavy atom. The largest absolute Gasteiger partial charge is 0.348 e. The van der Waals surface area contributed by atoms with E-state index in [2.05, 4.69) is 15.4 Å². The second kappa shape index (κ2) is 6.40. The predicted octanol–water partition coefficient (Wildman–Crippen LogP) is 4.03. The van der Waals surface area contributed by atoms with Gasteiger partial charge in [0.05, 0.1) is 15.7 Å². The number of hydrogen-bond donors (Lipinski definition) is 3. The Morgan fingerprint density at radius 1 is 0.923 bits per heavy atom. The minimum absolute atomic E-state index is 0.246. The molecular weight excluding hydrogens is 375 g/mol. The third-order valence-corrected chi connectivity index (χ3v) is 4.65. The SMILES string of the molecule is O=c1[nH]n2c(=O)cc(-c3ccc(Cl)c(Cl)c3)[nH]c2c1Nc1ccccc1. The monoisotopic (exact) mass is 386 g/mol. The first-order valence-electron chi connectivity index (χ1n) is 7.68. The molecule has 2 heterocycles. The molecule has 4 aromatic rings. The van der Waals surface area contributed by atoms with Crippen LogP contribution in [-0.4, -0.2) is 14.6 Å². The van der Waals surface area contributed by atoms with Gasteiger partial charge >= 0.3 is 0 Å². The van der Waals surface area contributed by atoms with Crippen LogP contribution in [0, 0.1) is 0 Å². The first kappa shape index (κ1) is 16.5. The van der Waals surface area contributed by atoms with E-state index in [0.29, 0.717) is 26.9 Å². The van der Waals surface area contributed by atoms with Crippen LogP contribution in [-0.2, 0) is 0 Å². The summed E-state index contributed by atoms with van der Waals surface area (Å²) in [5.41, 5.74) is 1.71. The van der Waals surface area contributed by atoms with E-state index >= 15 is 0 Å². The summed E-state index contributed by atoms with van der Waals surface area (Å²) in [4.78, 5) is 27.8. The van der Waals surface area contributed by atoms with Gasteiger partial charge in [-0.2, -0.15) is 4.52 Å². The van der Waals surface area contributed by atoms with E-state index in [1.54, 1.807) is 18.2 Å². The number of nitrogens with zero attached hydrogens (tertiary/aromatic N) is 1. The van der Waals surface area contributed by atoms with Gasteiger partial charge in [0.2, 0.25) is 0 Å². The van der Waals surface area contributed by atoms with Gasteiger partial charge in [-0.3, -0.25) is 14.7 Å². The molecule has 26 heavy (non-hydrogen) atoms. The van der Waals surface area contributed by atoms with Crippen LogP contribution in [0.3, 0.4) is 0 Å². The molecule has 2 aromatic heterocycles. The van der Waals surface area contributed by atoms with Crippen molar-refractivity contribution in [2.75, 3.05) is 5.32 Å². The lowest BCUT2D eigenvalue weighted by Crippen LogP contribution is -2.15. The molecule has 0 radical (unpaired) electrons. The van der Waals surface area contributed by atoms with E-state index in [1.807, 2.05) is 30.3 Å². The Hall–Kier alpha value is -2.96. The van der Waals surface area contributed by atoms with Gasteiger partial charge in [-0.1, -0.05) is 47.5 Å². The third-order valence-electron chi connectivity index (χ3n) is 3.92. The molecule has 2 aromatic carbocycles. The fourth-order valence-electron chi connectivity index (χ4n) is 2.67. The standard InChI is InChI=1S/C18H12Cl2N4O2/c19-12-7-6-10(8-13(12)20)14-9-15(25)24-17(22-14)16(18(26)23-24)21-11-4-2-1-3-5-11/h1-9,21-22H,(H,23,26). The summed E-state index contributed by atoms with van der Waals surface area (Å²) >= 11 is 12.0. The van der Waals surface area contributed by atoms with E-state index in [1.165, 1.54) is 6.07 Å². The Kier molecular flexibility index (Phi) is 4.06. The van der Waals surface area contributed by atoms with Crippen LogP contribution >= 0.6 is 23.2 Å². The summed E-state index contributed by atoms with van der Waals surface area (Å²) in [5, 5.41) is 6.36. The molecule has 0 bridgehead atoms. The van der Waals surface area contributed by atoms with Crippen molar-refractivity contribution in [3.05, 3.63) is 85.4 Å². The lowest BCUT2D eigenvalue weighted by atomic mass is 10.1. The van der Waals surface area contributed by atoms with Crippen molar-refractivity contribution in [1.29, 1.82) is 0 Å². The van der Waals surface area contributed by atoms with Gasteiger partial charge in [-0.15, -0.1) is 0 Å². The lowest BCUT2D eigenvalue weighted by Gasteiger charge is -2.07. The van der Waals surface area contributed by atoms with E-state index in [9.17, 15) is 9.59 Å². The molecule has 130 valence electrons. The second-order valence-corrected chi connectivity index (χ2v) is 6.46. The van der Waals surface area contributed by atoms with Crippen molar-refractivity contribution in [1.82, 2.24) is 14.6 Å². The minimum Gasteiger partial charge on any atom is -0.348 e. The van der Waals surface area contributed by atoms with Crippen molar-refractivity contribution in [3.63, 3.8) is 0 Å². The Bertz CT molecular complexity index is 1230. The highest BCUT2D eigenvalue weighted by Crippen LogP contribution is 2.27. The molecule has 0 aliphatic carbocycles.